The number of hydrogen-bond donors (Lipinski definition) is 1. The smallest absolute Gasteiger partial charge is 0.225 e. The van der Waals surface area contributed by atoms with Crippen LogP contribution in [0.3, 0.4) is 0 Å². The molecule has 1 saturated heterocycles. The van der Waals surface area contributed by atoms with Gasteiger partial charge in [0, 0.05) is 51.6 Å². The first kappa shape index (κ1) is 12.8. The fourth-order valence-corrected chi connectivity index (χ4v) is 2.00. The van der Waals surface area contributed by atoms with Crippen molar-refractivity contribution in [3.05, 3.63) is 18.5 Å². The van der Waals surface area contributed by atoms with E-state index in [1.165, 1.54) is 0 Å². The van der Waals surface area contributed by atoms with Crippen molar-refractivity contribution in [3.63, 3.8) is 0 Å². The van der Waals surface area contributed by atoms with Gasteiger partial charge in [-0.3, -0.25) is 4.79 Å². The van der Waals surface area contributed by atoms with Crippen LogP contribution in [0.15, 0.2) is 18.5 Å². The molecule has 6 nitrogen and oxygen atoms in total. The Morgan fingerprint density at radius 3 is 2.50 bits per heavy atom. The van der Waals surface area contributed by atoms with E-state index in [1.807, 2.05) is 4.90 Å². The Morgan fingerprint density at radius 1 is 1.22 bits per heavy atom. The van der Waals surface area contributed by atoms with Gasteiger partial charge in [0.15, 0.2) is 0 Å². The van der Waals surface area contributed by atoms with Gasteiger partial charge >= 0.3 is 0 Å². The lowest BCUT2D eigenvalue weighted by atomic mass is 10.2. The first-order valence-corrected chi connectivity index (χ1v) is 6.22. The molecule has 0 atom stereocenters. The Hall–Kier alpha value is -1.69. The minimum Gasteiger partial charge on any atom is -0.396 e. The summed E-state index contributed by atoms with van der Waals surface area (Å²) in [5, 5.41) is 8.71. The van der Waals surface area contributed by atoms with Crippen LogP contribution in [0.2, 0.25) is 0 Å². The van der Waals surface area contributed by atoms with E-state index in [0.29, 0.717) is 25.9 Å². The molecule has 0 unspecified atom stereocenters. The maximum Gasteiger partial charge on any atom is 0.225 e. The lowest BCUT2D eigenvalue weighted by Crippen LogP contribution is -2.49. The second kappa shape index (κ2) is 6.30. The summed E-state index contributed by atoms with van der Waals surface area (Å²) in [6.07, 6.45) is 4.42. The highest BCUT2D eigenvalue weighted by atomic mass is 16.3. The number of aromatic nitrogens is 2. The second-order valence-corrected chi connectivity index (χ2v) is 4.24. The van der Waals surface area contributed by atoms with Crippen LogP contribution in [0, 0.1) is 0 Å². The van der Waals surface area contributed by atoms with Gasteiger partial charge in [-0.25, -0.2) is 9.97 Å². The third-order valence-electron chi connectivity index (χ3n) is 3.02. The quantitative estimate of drug-likeness (QED) is 0.808. The standard InChI is InChI=1S/C12H18N4O2/c17-10-1-3-11(18)15-6-8-16(9-7-15)12-13-4-2-5-14-12/h2,4-5,17H,1,3,6-10H2. The van der Waals surface area contributed by atoms with E-state index in [0.717, 1.165) is 19.0 Å². The molecule has 1 N–H and O–H groups in total. The number of amides is 1. The maximum atomic E-state index is 11.8. The summed E-state index contributed by atoms with van der Waals surface area (Å²) in [5.41, 5.74) is 0. The second-order valence-electron chi connectivity index (χ2n) is 4.24. The number of nitrogens with zero attached hydrogens (tertiary/aromatic N) is 4. The first-order valence-electron chi connectivity index (χ1n) is 6.22. The lowest BCUT2D eigenvalue weighted by Gasteiger charge is -2.34. The summed E-state index contributed by atoms with van der Waals surface area (Å²) < 4.78 is 0. The van der Waals surface area contributed by atoms with Gasteiger partial charge in [0.1, 0.15) is 0 Å². The number of aliphatic hydroxyl groups excluding tert-OH is 1. The van der Waals surface area contributed by atoms with Crippen molar-refractivity contribution in [1.82, 2.24) is 14.9 Å². The van der Waals surface area contributed by atoms with E-state index < -0.39 is 0 Å². The van der Waals surface area contributed by atoms with Gasteiger partial charge in [-0.2, -0.15) is 0 Å². The Morgan fingerprint density at radius 2 is 1.89 bits per heavy atom. The summed E-state index contributed by atoms with van der Waals surface area (Å²) in [7, 11) is 0. The Balaban J connectivity index is 1.83. The van der Waals surface area contributed by atoms with Crippen LogP contribution in [0.5, 0.6) is 0 Å². The van der Waals surface area contributed by atoms with E-state index in [2.05, 4.69) is 14.9 Å². The van der Waals surface area contributed by atoms with Gasteiger partial charge in [-0.1, -0.05) is 0 Å². The van der Waals surface area contributed by atoms with Crippen molar-refractivity contribution in [1.29, 1.82) is 0 Å². The van der Waals surface area contributed by atoms with Crippen molar-refractivity contribution in [2.24, 2.45) is 0 Å². The summed E-state index contributed by atoms with van der Waals surface area (Å²) in [4.78, 5) is 24.1. The van der Waals surface area contributed by atoms with Crippen LogP contribution in [-0.2, 0) is 4.79 Å². The molecule has 2 heterocycles. The third kappa shape index (κ3) is 3.16. The molecule has 6 heteroatoms. The molecule has 0 saturated carbocycles. The molecule has 0 radical (unpaired) electrons. The predicted molar refractivity (Wildman–Crippen MR) is 67.1 cm³/mol. The van der Waals surface area contributed by atoms with Crippen LogP contribution >= 0.6 is 0 Å². The molecule has 0 aromatic carbocycles. The van der Waals surface area contributed by atoms with Gasteiger partial charge in [-0.05, 0) is 12.5 Å². The van der Waals surface area contributed by atoms with Gasteiger partial charge in [0.2, 0.25) is 11.9 Å². The molecule has 1 amide bonds. The van der Waals surface area contributed by atoms with Crippen LogP contribution in [0.4, 0.5) is 5.95 Å². The molecule has 1 aliphatic heterocycles. The monoisotopic (exact) mass is 250 g/mol. The number of anilines is 1. The molecule has 1 aromatic rings. The van der Waals surface area contributed by atoms with Crippen molar-refractivity contribution in [2.45, 2.75) is 12.8 Å². The highest BCUT2D eigenvalue weighted by Gasteiger charge is 2.21. The summed E-state index contributed by atoms with van der Waals surface area (Å²) >= 11 is 0. The number of carbonyl (C=O) groups is 1. The van der Waals surface area contributed by atoms with Gasteiger partial charge in [0.25, 0.3) is 0 Å². The summed E-state index contributed by atoms with van der Waals surface area (Å²) in [6, 6.07) is 1.79. The number of hydrogen-bond acceptors (Lipinski definition) is 5. The summed E-state index contributed by atoms with van der Waals surface area (Å²) in [5.74, 6) is 0.845. The largest absolute Gasteiger partial charge is 0.396 e. The van der Waals surface area contributed by atoms with E-state index in [9.17, 15) is 4.79 Å². The molecule has 2 rings (SSSR count). The van der Waals surface area contributed by atoms with Crippen LogP contribution in [0.25, 0.3) is 0 Å². The molecule has 1 fully saturated rings. The molecule has 0 aliphatic carbocycles. The first-order chi connectivity index (χ1) is 8.81. The topological polar surface area (TPSA) is 69.6 Å². The average Bonchev–Trinajstić information content (AvgIpc) is 2.46. The zero-order chi connectivity index (χ0) is 12.8. The van der Waals surface area contributed by atoms with Gasteiger partial charge in [-0.15, -0.1) is 0 Å². The molecule has 0 spiro atoms. The molecular formula is C12H18N4O2. The molecule has 1 aliphatic rings. The SMILES string of the molecule is O=C(CCCO)N1CCN(c2ncccn2)CC1. The highest BCUT2D eigenvalue weighted by molar-refractivity contribution is 5.76. The fraction of sp³-hybridized carbons (Fsp3) is 0.583. The summed E-state index contributed by atoms with van der Waals surface area (Å²) in [6.45, 7) is 2.98. The predicted octanol–water partition coefficient (Wildman–Crippen LogP) is -0.102. The minimum atomic E-state index is 0.0730. The third-order valence-corrected chi connectivity index (χ3v) is 3.02. The zero-order valence-corrected chi connectivity index (χ0v) is 10.3. The molecule has 98 valence electrons. The molecule has 18 heavy (non-hydrogen) atoms. The van der Waals surface area contributed by atoms with Crippen molar-refractivity contribution < 1.29 is 9.90 Å². The fourth-order valence-electron chi connectivity index (χ4n) is 2.00. The van der Waals surface area contributed by atoms with Crippen LogP contribution < -0.4 is 4.90 Å². The Bertz CT molecular complexity index is 377. The normalized spacial score (nSPS) is 15.8. The average molecular weight is 250 g/mol. The van der Waals surface area contributed by atoms with Gasteiger partial charge in [0.05, 0.1) is 0 Å². The number of piperazine rings is 1. The number of carbonyl (C=O) groups excluding carboxylic acids is 1. The van der Waals surface area contributed by atoms with Crippen molar-refractivity contribution in [2.75, 3.05) is 37.7 Å². The van der Waals surface area contributed by atoms with E-state index in [-0.39, 0.29) is 12.5 Å². The zero-order valence-electron chi connectivity index (χ0n) is 10.3. The van der Waals surface area contributed by atoms with Crippen molar-refractivity contribution >= 4 is 11.9 Å². The molecular weight excluding hydrogens is 232 g/mol. The van der Waals surface area contributed by atoms with Crippen LogP contribution in [-0.4, -0.2) is 58.7 Å². The van der Waals surface area contributed by atoms with E-state index >= 15 is 0 Å². The highest BCUT2D eigenvalue weighted by Crippen LogP contribution is 2.10. The number of rotatable bonds is 4. The van der Waals surface area contributed by atoms with E-state index in [1.54, 1.807) is 18.5 Å². The molecule has 1 aromatic heterocycles. The Labute approximate surface area is 106 Å². The van der Waals surface area contributed by atoms with E-state index in [4.69, 9.17) is 5.11 Å². The Kier molecular flexibility index (Phi) is 4.46. The lowest BCUT2D eigenvalue weighted by molar-refractivity contribution is -0.131. The van der Waals surface area contributed by atoms with Crippen molar-refractivity contribution in [3.8, 4) is 0 Å². The number of aliphatic hydroxyl groups is 1. The minimum absolute atomic E-state index is 0.0730. The molecule has 0 bridgehead atoms. The van der Waals surface area contributed by atoms with Crippen LogP contribution in [0.1, 0.15) is 12.8 Å². The van der Waals surface area contributed by atoms with Gasteiger partial charge < -0.3 is 14.9 Å². The maximum absolute atomic E-state index is 11.8.